The number of methoxy groups -OCH3 is 1. The Kier molecular flexibility index (Phi) is 5.37. The Balaban J connectivity index is 2.72. The highest BCUT2D eigenvalue weighted by Gasteiger charge is 2.53. The molecule has 0 aromatic heterocycles. The second-order valence-electron chi connectivity index (χ2n) is 6.78. The number of benzene rings is 1. The third-order valence-electron chi connectivity index (χ3n) is 5.37. The standard InChI is InChI=1S/C21H24O4/c1-6-8-17-14(4)18(12-19(17)22)21(13(2)3,20(23)24)15-9-7-10-16(11-15)25-5/h1,7,9-11,13,18H,8,12H2,2-5H3,(H,23,24). The van der Waals surface area contributed by atoms with E-state index in [2.05, 4.69) is 5.92 Å². The summed E-state index contributed by atoms with van der Waals surface area (Å²) in [5.41, 5.74) is 0.807. The molecule has 1 aliphatic rings. The highest BCUT2D eigenvalue weighted by molar-refractivity contribution is 6.01. The van der Waals surface area contributed by atoms with Crippen LogP contribution in [0.25, 0.3) is 0 Å². The van der Waals surface area contributed by atoms with Crippen molar-refractivity contribution in [3.8, 4) is 18.1 Å². The van der Waals surface area contributed by atoms with Gasteiger partial charge in [-0.05, 0) is 30.5 Å². The van der Waals surface area contributed by atoms with Crippen molar-refractivity contribution in [2.24, 2.45) is 11.8 Å². The molecule has 0 amide bonds. The molecule has 4 heteroatoms. The number of carboxylic acids is 1. The maximum atomic E-state index is 12.6. The summed E-state index contributed by atoms with van der Waals surface area (Å²) in [6, 6.07) is 7.12. The van der Waals surface area contributed by atoms with Gasteiger partial charge in [0.05, 0.1) is 7.11 Å². The van der Waals surface area contributed by atoms with Crippen molar-refractivity contribution in [3.63, 3.8) is 0 Å². The first-order chi connectivity index (χ1) is 11.8. The van der Waals surface area contributed by atoms with E-state index in [0.717, 1.165) is 5.57 Å². The number of rotatable bonds is 6. The van der Waals surface area contributed by atoms with Crippen LogP contribution in [0.1, 0.15) is 39.2 Å². The second-order valence-corrected chi connectivity index (χ2v) is 6.78. The van der Waals surface area contributed by atoms with Gasteiger partial charge in [0.2, 0.25) is 0 Å². The van der Waals surface area contributed by atoms with E-state index in [1.807, 2.05) is 20.8 Å². The van der Waals surface area contributed by atoms with Crippen LogP contribution in [0, 0.1) is 24.2 Å². The summed E-state index contributed by atoms with van der Waals surface area (Å²) >= 11 is 0. The summed E-state index contributed by atoms with van der Waals surface area (Å²) in [5, 5.41) is 10.3. The third-order valence-corrected chi connectivity index (χ3v) is 5.37. The summed E-state index contributed by atoms with van der Waals surface area (Å²) in [6.45, 7) is 5.59. The maximum Gasteiger partial charge on any atom is 0.315 e. The van der Waals surface area contributed by atoms with E-state index in [4.69, 9.17) is 11.2 Å². The van der Waals surface area contributed by atoms with E-state index >= 15 is 0 Å². The van der Waals surface area contributed by atoms with Crippen LogP contribution < -0.4 is 4.74 Å². The molecule has 0 heterocycles. The lowest BCUT2D eigenvalue weighted by atomic mass is 9.61. The van der Waals surface area contributed by atoms with Crippen LogP contribution >= 0.6 is 0 Å². The van der Waals surface area contributed by atoms with Gasteiger partial charge >= 0.3 is 5.97 Å². The highest BCUT2D eigenvalue weighted by atomic mass is 16.5. The molecule has 2 rings (SSSR count). The van der Waals surface area contributed by atoms with Gasteiger partial charge in [-0.25, -0.2) is 0 Å². The molecule has 0 spiro atoms. The molecular weight excluding hydrogens is 316 g/mol. The van der Waals surface area contributed by atoms with Gasteiger partial charge in [0.25, 0.3) is 0 Å². The quantitative estimate of drug-likeness (QED) is 0.804. The maximum absolute atomic E-state index is 12.6. The number of aliphatic carboxylic acids is 1. The molecule has 2 unspecified atom stereocenters. The summed E-state index contributed by atoms with van der Waals surface area (Å²) in [6.07, 6.45) is 5.80. The van der Waals surface area contributed by atoms with Gasteiger partial charge in [0.1, 0.15) is 11.2 Å². The minimum atomic E-state index is -1.22. The van der Waals surface area contributed by atoms with Gasteiger partial charge in [0, 0.05) is 24.3 Å². The van der Waals surface area contributed by atoms with Crippen molar-refractivity contribution in [2.75, 3.05) is 7.11 Å². The predicted octanol–water partition coefficient (Wildman–Crippen LogP) is 3.60. The van der Waals surface area contributed by atoms with Gasteiger partial charge < -0.3 is 9.84 Å². The molecule has 0 bridgehead atoms. The van der Waals surface area contributed by atoms with Gasteiger partial charge in [-0.2, -0.15) is 0 Å². The van der Waals surface area contributed by atoms with Crippen LogP contribution in [0.2, 0.25) is 0 Å². The zero-order valence-electron chi connectivity index (χ0n) is 15.1. The topological polar surface area (TPSA) is 63.6 Å². The molecule has 2 atom stereocenters. The Hall–Kier alpha value is -2.54. The molecule has 0 saturated carbocycles. The first-order valence-electron chi connectivity index (χ1n) is 8.34. The van der Waals surface area contributed by atoms with Crippen LogP contribution in [0.4, 0.5) is 0 Å². The molecule has 0 fully saturated rings. The lowest BCUT2D eigenvalue weighted by Gasteiger charge is -2.40. The van der Waals surface area contributed by atoms with E-state index in [1.54, 1.807) is 31.4 Å². The van der Waals surface area contributed by atoms with Crippen LogP contribution in [0.3, 0.4) is 0 Å². The number of allylic oxidation sites excluding steroid dienone is 2. The Morgan fingerprint density at radius 1 is 1.48 bits per heavy atom. The minimum Gasteiger partial charge on any atom is -0.497 e. The third kappa shape index (κ3) is 2.95. The number of Topliss-reactive ketones (excluding diaryl/α,β-unsaturated/α-hetero) is 1. The Labute approximate surface area is 148 Å². The first kappa shape index (κ1) is 18.8. The lowest BCUT2D eigenvalue weighted by Crippen LogP contribution is -2.47. The van der Waals surface area contributed by atoms with Crippen molar-refractivity contribution in [1.29, 1.82) is 0 Å². The van der Waals surface area contributed by atoms with Crippen molar-refractivity contribution in [3.05, 3.63) is 41.0 Å². The summed E-state index contributed by atoms with van der Waals surface area (Å²) < 4.78 is 5.28. The molecule has 1 aromatic carbocycles. The molecule has 1 aromatic rings. The lowest BCUT2D eigenvalue weighted by molar-refractivity contribution is -0.148. The van der Waals surface area contributed by atoms with Gasteiger partial charge in [-0.15, -0.1) is 12.3 Å². The normalized spacial score (nSPS) is 19.7. The Morgan fingerprint density at radius 2 is 2.16 bits per heavy atom. The fraction of sp³-hybridized carbons (Fsp3) is 0.429. The molecule has 1 aliphatic carbocycles. The van der Waals surface area contributed by atoms with E-state index in [-0.39, 0.29) is 24.5 Å². The minimum absolute atomic E-state index is 0.0466. The van der Waals surface area contributed by atoms with E-state index in [0.29, 0.717) is 16.9 Å². The first-order valence-corrected chi connectivity index (χ1v) is 8.34. The predicted molar refractivity (Wildman–Crippen MR) is 96.4 cm³/mol. The van der Waals surface area contributed by atoms with Gasteiger partial charge in [0.15, 0.2) is 5.78 Å². The molecule has 4 nitrogen and oxygen atoms in total. The Morgan fingerprint density at radius 3 is 2.68 bits per heavy atom. The second kappa shape index (κ2) is 7.14. The summed E-state index contributed by atoms with van der Waals surface area (Å²) in [5.74, 6) is 1.48. The van der Waals surface area contributed by atoms with Crippen LogP contribution in [0.5, 0.6) is 5.75 Å². The molecule has 132 valence electrons. The van der Waals surface area contributed by atoms with E-state index in [1.165, 1.54) is 0 Å². The zero-order valence-corrected chi connectivity index (χ0v) is 15.1. The monoisotopic (exact) mass is 340 g/mol. The van der Waals surface area contributed by atoms with Crippen LogP contribution in [0.15, 0.2) is 35.4 Å². The van der Waals surface area contributed by atoms with Crippen molar-refractivity contribution in [2.45, 2.75) is 39.0 Å². The van der Waals surface area contributed by atoms with E-state index in [9.17, 15) is 14.7 Å². The van der Waals surface area contributed by atoms with Crippen molar-refractivity contribution < 1.29 is 19.4 Å². The summed E-state index contributed by atoms with van der Waals surface area (Å²) in [4.78, 5) is 25.0. The van der Waals surface area contributed by atoms with Crippen molar-refractivity contribution >= 4 is 11.8 Å². The number of hydrogen-bond donors (Lipinski definition) is 1. The number of hydrogen-bond acceptors (Lipinski definition) is 3. The number of carboxylic acid groups (broad SMARTS) is 1. The smallest absolute Gasteiger partial charge is 0.315 e. The average Bonchev–Trinajstić information content (AvgIpc) is 2.84. The molecule has 0 saturated heterocycles. The van der Waals surface area contributed by atoms with Gasteiger partial charge in [-0.1, -0.05) is 31.6 Å². The van der Waals surface area contributed by atoms with Gasteiger partial charge in [-0.3, -0.25) is 9.59 Å². The molecule has 0 aliphatic heterocycles. The largest absolute Gasteiger partial charge is 0.497 e. The Bertz CT molecular complexity index is 766. The molecular formula is C21H24O4. The SMILES string of the molecule is C#CCC1=C(C)C(C(C(=O)O)(c2cccc(OC)c2)C(C)C)CC1=O. The van der Waals surface area contributed by atoms with Crippen LogP contribution in [-0.2, 0) is 15.0 Å². The number of ketones is 1. The number of terminal acetylenes is 1. The van der Waals surface area contributed by atoms with E-state index < -0.39 is 17.3 Å². The molecule has 0 radical (unpaired) electrons. The molecule has 25 heavy (non-hydrogen) atoms. The van der Waals surface area contributed by atoms with Crippen LogP contribution in [-0.4, -0.2) is 24.0 Å². The fourth-order valence-electron chi connectivity index (χ4n) is 4.07. The number of carbonyl (C=O) groups excluding carboxylic acids is 1. The highest BCUT2D eigenvalue weighted by Crippen LogP contribution is 2.49. The summed E-state index contributed by atoms with van der Waals surface area (Å²) in [7, 11) is 1.55. The van der Waals surface area contributed by atoms with Crippen molar-refractivity contribution in [1.82, 2.24) is 0 Å². The number of carbonyl (C=O) groups is 2. The number of ether oxygens (including phenoxy) is 1. The molecule has 1 N–H and O–H groups in total. The average molecular weight is 340 g/mol. The fourth-order valence-corrected chi connectivity index (χ4v) is 4.07. The zero-order chi connectivity index (χ0) is 18.8.